The maximum Gasteiger partial charge on any atom is 0.318 e. The molecule has 0 radical (unpaired) electrons. The number of methoxy groups -OCH3 is 1. The van der Waals surface area contributed by atoms with Crippen LogP contribution in [-0.2, 0) is 41.6 Å². The fourth-order valence-electron chi connectivity index (χ4n) is 5.61. The van der Waals surface area contributed by atoms with E-state index in [9.17, 15) is 24.0 Å². The Bertz CT molecular complexity index is 1550. The van der Waals surface area contributed by atoms with Crippen molar-refractivity contribution in [2.24, 2.45) is 11.8 Å². The van der Waals surface area contributed by atoms with Gasteiger partial charge in [-0.15, -0.1) is 0 Å². The van der Waals surface area contributed by atoms with Gasteiger partial charge in [0.25, 0.3) is 0 Å². The molecule has 46 heavy (non-hydrogen) atoms. The fourth-order valence-corrected chi connectivity index (χ4v) is 5.61. The number of benzene rings is 2. The third kappa shape index (κ3) is 9.29. The number of hydrogen-bond donors (Lipinski definition) is 5. The quantitative estimate of drug-likeness (QED) is 0.171. The van der Waals surface area contributed by atoms with Crippen molar-refractivity contribution in [3.63, 3.8) is 0 Å². The van der Waals surface area contributed by atoms with Crippen molar-refractivity contribution in [2.45, 2.75) is 64.1 Å². The summed E-state index contributed by atoms with van der Waals surface area (Å²) in [7, 11) is 1.22. The largest absolute Gasteiger partial charge is 0.468 e. The maximum absolute atomic E-state index is 13.8. The highest BCUT2D eigenvalue weighted by molar-refractivity contribution is 6.00. The summed E-state index contributed by atoms with van der Waals surface area (Å²) in [4.78, 5) is 68.9. The Morgan fingerprint density at radius 1 is 0.978 bits per heavy atom. The Hall–Kier alpha value is -4.93. The van der Waals surface area contributed by atoms with Gasteiger partial charge < -0.3 is 31.0 Å². The normalized spacial score (nSPS) is 19.5. The van der Waals surface area contributed by atoms with E-state index in [0.29, 0.717) is 32.2 Å². The smallest absolute Gasteiger partial charge is 0.318 e. The van der Waals surface area contributed by atoms with Crippen LogP contribution in [0.25, 0.3) is 10.9 Å². The van der Waals surface area contributed by atoms with Crippen LogP contribution in [0.3, 0.4) is 0 Å². The summed E-state index contributed by atoms with van der Waals surface area (Å²) in [5, 5.41) is 12.5. The third-order valence-corrected chi connectivity index (χ3v) is 8.09. The second-order valence-corrected chi connectivity index (χ2v) is 11.9. The summed E-state index contributed by atoms with van der Waals surface area (Å²) < 4.78 is 4.85. The number of para-hydroxylation sites is 1. The number of carbonyl (C=O) groups is 5. The molecule has 2 heterocycles. The first-order valence-corrected chi connectivity index (χ1v) is 15.7. The third-order valence-electron chi connectivity index (χ3n) is 8.09. The second kappa shape index (κ2) is 16.4. The lowest BCUT2D eigenvalue weighted by Crippen LogP contribution is -2.56. The molecule has 0 saturated heterocycles. The first kappa shape index (κ1) is 34.0. The highest BCUT2D eigenvalue weighted by Gasteiger charge is 2.35. The van der Waals surface area contributed by atoms with Gasteiger partial charge in [-0.05, 0) is 48.8 Å². The summed E-state index contributed by atoms with van der Waals surface area (Å²) in [6.07, 6.45) is 7.02. The molecule has 1 aliphatic heterocycles. The van der Waals surface area contributed by atoms with Gasteiger partial charge >= 0.3 is 5.97 Å². The highest BCUT2D eigenvalue weighted by atomic mass is 16.5. The molecule has 4 amide bonds. The van der Waals surface area contributed by atoms with Crippen molar-refractivity contribution < 1.29 is 28.7 Å². The molecule has 3 aromatic rings. The molecule has 1 aliphatic rings. The van der Waals surface area contributed by atoms with Gasteiger partial charge in [0.1, 0.15) is 18.0 Å². The van der Waals surface area contributed by atoms with Crippen molar-refractivity contribution in [3.8, 4) is 0 Å². The number of ether oxygens (including phenoxy) is 1. The van der Waals surface area contributed by atoms with Gasteiger partial charge in [0.15, 0.2) is 0 Å². The van der Waals surface area contributed by atoms with Crippen molar-refractivity contribution in [3.05, 3.63) is 84.1 Å². The molecule has 0 bridgehead atoms. The van der Waals surface area contributed by atoms with Crippen LogP contribution in [-0.4, -0.2) is 66.4 Å². The number of aromatic amines is 1. The lowest BCUT2D eigenvalue weighted by atomic mass is 9.94. The molecule has 0 fully saturated rings. The number of rotatable bonds is 10. The van der Waals surface area contributed by atoms with Crippen LogP contribution < -0.4 is 21.3 Å². The zero-order valence-corrected chi connectivity index (χ0v) is 26.5. The molecule has 2 aromatic carbocycles. The van der Waals surface area contributed by atoms with Gasteiger partial charge in [0, 0.05) is 36.1 Å². The van der Waals surface area contributed by atoms with Gasteiger partial charge in [-0.1, -0.05) is 68.5 Å². The van der Waals surface area contributed by atoms with Crippen molar-refractivity contribution in [1.82, 2.24) is 26.3 Å². The van der Waals surface area contributed by atoms with E-state index in [1.54, 1.807) is 19.9 Å². The Labute approximate surface area is 268 Å². The summed E-state index contributed by atoms with van der Waals surface area (Å²) >= 11 is 0. The molecule has 5 N–H and O–H groups in total. The topological polar surface area (TPSA) is 158 Å². The predicted octanol–water partition coefficient (Wildman–Crippen LogP) is 2.71. The lowest BCUT2D eigenvalue weighted by Gasteiger charge is -2.26. The molecule has 244 valence electrons. The number of hydrogen-bond acceptors (Lipinski definition) is 6. The summed E-state index contributed by atoms with van der Waals surface area (Å²) in [5.74, 6) is -3.97. The first-order valence-electron chi connectivity index (χ1n) is 15.7. The van der Waals surface area contributed by atoms with Crippen LogP contribution in [0.5, 0.6) is 0 Å². The van der Waals surface area contributed by atoms with Gasteiger partial charge in [-0.25, -0.2) is 0 Å². The summed E-state index contributed by atoms with van der Waals surface area (Å²) in [6, 6.07) is 14.5. The van der Waals surface area contributed by atoms with Crippen LogP contribution in [0, 0.1) is 11.8 Å². The number of amides is 4. The van der Waals surface area contributed by atoms with E-state index < -0.39 is 47.7 Å². The molecule has 4 atom stereocenters. The maximum atomic E-state index is 13.8. The van der Waals surface area contributed by atoms with Gasteiger partial charge in [-0.3, -0.25) is 24.0 Å². The molecule has 11 nitrogen and oxygen atoms in total. The highest BCUT2D eigenvalue weighted by Crippen LogP contribution is 2.20. The Kier molecular flexibility index (Phi) is 12.1. The number of esters is 1. The van der Waals surface area contributed by atoms with Crippen LogP contribution in [0.1, 0.15) is 44.2 Å². The predicted molar refractivity (Wildman–Crippen MR) is 174 cm³/mol. The zero-order valence-electron chi connectivity index (χ0n) is 26.5. The van der Waals surface area contributed by atoms with E-state index in [-0.39, 0.29) is 18.2 Å². The Balaban J connectivity index is 1.56. The van der Waals surface area contributed by atoms with Crippen molar-refractivity contribution in [2.75, 3.05) is 13.7 Å². The molecule has 1 unspecified atom stereocenters. The standard InChI is InChI=1S/C35H43N5O6/c1-22(2)31(35(45)46-3)34(44)40-29(19-23-11-5-4-6-12-23)33(43)39-28-15-9-10-18-36-30(41)17-16-25(38-32(28)42)20-24-21-37-27-14-8-7-13-26(24)27/h4-8,11-14,16-17,21-22,25,28-29,31,37H,9-10,15,18-20H2,1-3H3,(H,36,41)(H,38,42)(H,39,43)(H,40,44)/b17-16+/t25-,28?,29+,31+/m1/s1. The molecular formula is C35H43N5O6. The molecule has 0 aliphatic carbocycles. The van der Waals surface area contributed by atoms with E-state index in [1.807, 2.05) is 60.8 Å². The van der Waals surface area contributed by atoms with Crippen LogP contribution in [0.4, 0.5) is 0 Å². The first-order chi connectivity index (χ1) is 22.2. The van der Waals surface area contributed by atoms with Gasteiger partial charge in [0.2, 0.25) is 23.6 Å². The monoisotopic (exact) mass is 629 g/mol. The average Bonchev–Trinajstić information content (AvgIpc) is 3.44. The average molecular weight is 630 g/mol. The van der Waals surface area contributed by atoms with E-state index in [4.69, 9.17) is 4.74 Å². The van der Waals surface area contributed by atoms with E-state index in [0.717, 1.165) is 22.0 Å². The van der Waals surface area contributed by atoms with Gasteiger partial charge in [0.05, 0.1) is 13.2 Å². The fraction of sp³-hybridized carbons (Fsp3) is 0.400. The van der Waals surface area contributed by atoms with E-state index >= 15 is 0 Å². The molecule has 1 aromatic heterocycles. The minimum atomic E-state index is -1.10. The van der Waals surface area contributed by atoms with Crippen molar-refractivity contribution >= 4 is 40.5 Å². The van der Waals surface area contributed by atoms with Gasteiger partial charge in [-0.2, -0.15) is 0 Å². The number of aromatic nitrogens is 1. The molecular weight excluding hydrogens is 586 g/mol. The minimum absolute atomic E-state index is 0.150. The SMILES string of the molecule is COC(=O)[C@H](C(=O)N[C@@H](Cc1ccccc1)C(=O)NC1CCCCNC(=O)/C=C/[C@H](Cc2c[nH]c3ccccc23)NC1=O)C(C)C. The van der Waals surface area contributed by atoms with Crippen LogP contribution in [0.15, 0.2) is 72.9 Å². The number of H-pyrrole nitrogens is 1. The zero-order chi connectivity index (χ0) is 33.1. The number of nitrogens with one attached hydrogen (secondary N) is 5. The minimum Gasteiger partial charge on any atom is -0.468 e. The number of fused-ring (bicyclic) bond motifs is 1. The summed E-state index contributed by atoms with van der Waals surface area (Å²) in [6.45, 7) is 3.88. The Morgan fingerprint density at radius 3 is 2.46 bits per heavy atom. The molecule has 0 spiro atoms. The summed E-state index contributed by atoms with van der Waals surface area (Å²) in [5.41, 5.74) is 2.72. The van der Waals surface area contributed by atoms with E-state index in [2.05, 4.69) is 26.3 Å². The number of carbonyl (C=O) groups excluding carboxylic acids is 5. The Morgan fingerprint density at radius 2 is 1.72 bits per heavy atom. The molecule has 11 heteroatoms. The lowest BCUT2D eigenvalue weighted by molar-refractivity contribution is -0.152. The van der Waals surface area contributed by atoms with Crippen molar-refractivity contribution in [1.29, 1.82) is 0 Å². The van der Waals surface area contributed by atoms with E-state index in [1.165, 1.54) is 13.2 Å². The van der Waals surface area contributed by atoms with Crippen LogP contribution >= 0.6 is 0 Å². The van der Waals surface area contributed by atoms with Crippen LogP contribution in [0.2, 0.25) is 0 Å². The molecule has 0 saturated carbocycles. The molecule has 4 rings (SSSR count). The second-order valence-electron chi connectivity index (χ2n) is 11.9.